The molecule has 6 heteroatoms. The van der Waals surface area contributed by atoms with Gasteiger partial charge in [0.05, 0.1) is 16.8 Å². The van der Waals surface area contributed by atoms with Crippen LogP contribution in [0, 0.1) is 0 Å². The summed E-state index contributed by atoms with van der Waals surface area (Å²) >= 11 is 19.0. The van der Waals surface area contributed by atoms with Crippen LogP contribution in [0.4, 0.5) is 0 Å². The molecule has 4 aromatic rings. The molecule has 0 aliphatic carbocycles. The smallest absolute Gasteiger partial charge is 0.215 e. The zero-order chi connectivity index (χ0) is 21.8. The largest absolute Gasteiger partial charge is 0.464 e. The first-order chi connectivity index (χ1) is 15.6. The third kappa shape index (κ3) is 3.32. The second kappa shape index (κ2) is 7.70. The first-order valence-electron chi connectivity index (χ1n) is 10.3. The first kappa shape index (κ1) is 19.9. The minimum atomic E-state index is -0.462. The molecule has 158 valence electrons. The van der Waals surface area contributed by atoms with E-state index in [1.54, 1.807) is 6.07 Å². The monoisotopic (exact) mass is 478 g/mol. The van der Waals surface area contributed by atoms with Crippen molar-refractivity contribution in [3.05, 3.63) is 111 Å². The lowest BCUT2D eigenvalue weighted by atomic mass is 9.95. The standard InChI is InChI=1S/C26H17Cl3N2O/c27-18-8-10-25-21(12-18)24-14-23(17-6-5-15-3-1-2-4-16(15)11-17)30-31(24)26(32-25)20-9-7-19(28)13-22(20)29/h1-13,24,26H,14H2/t24-,26-/m0/s1. The van der Waals surface area contributed by atoms with E-state index in [4.69, 9.17) is 44.6 Å². The minimum absolute atomic E-state index is 0.00401. The van der Waals surface area contributed by atoms with Gasteiger partial charge in [-0.1, -0.05) is 77.3 Å². The summed E-state index contributed by atoms with van der Waals surface area (Å²) < 4.78 is 6.39. The van der Waals surface area contributed by atoms with E-state index >= 15 is 0 Å². The molecular formula is C26H17Cl3N2O. The fourth-order valence-electron chi connectivity index (χ4n) is 4.51. The predicted molar refractivity (Wildman–Crippen MR) is 131 cm³/mol. The number of halogens is 3. The zero-order valence-electron chi connectivity index (χ0n) is 16.8. The first-order valence-corrected chi connectivity index (χ1v) is 11.5. The van der Waals surface area contributed by atoms with Gasteiger partial charge in [-0.15, -0.1) is 0 Å². The van der Waals surface area contributed by atoms with E-state index in [2.05, 4.69) is 36.4 Å². The molecule has 0 amide bonds. The van der Waals surface area contributed by atoms with Gasteiger partial charge in [0.1, 0.15) is 5.75 Å². The van der Waals surface area contributed by atoms with Crippen molar-refractivity contribution in [2.24, 2.45) is 5.10 Å². The van der Waals surface area contributed by atoms with Crippen molar-refractivity contribution in [3.63, 3.8) is 0 Å². The van der Waals surface area contributed by atoms with Crippen molar-refractivity contribution in [3.8, 4) is 5.75 Å². The molecule has 0 bridgehead atoms. The maximum Gasteiger partial charge on any atom is 0.215 e. The number of fused-ring (bicyclic) bond motifs is 4. The summed E-state index contributed by atoms with van der Waals surface area (Å²) in [5.41, 5.74) is 3.96. The number of hydrazone groups is 1. The van der Waals surface area contributed by atoms with E-state index in [0.29, 0.717) is 15.1 Å². The molecule has 0 saturated heterocycles. The van der Waals surface area contributed by atoms with Crippen LogP contribution in [0.1, 0.15) is 35.4 Å². The van der Waals surface area contributed by atoms with Crippen molar-refractivity contribution in [2.75, 3.05) is 0 Å². The summed E-state index contributed by atoms with van der Waals surface area (Å²) in [5, 5.41) is 11.2. The molecule has 0 unspecified atom stereocenters. The summed E-state index contributed by atoms with van der Waals surface area (Å²) in [7, 11) is 0. The summed E-state index contributed by atoms with van der Waals surface area (Å²) in [5.74, 6) is 0.793. The fourth-order valence-corrected chi connectivity index (χ4v) is 5.19. The summed E-state index contributed by atoms with van der Waals surface area (Å²) in [4.78, 5) is 0. The maximum absolute atomic E-state index is 6.56. The van der Waals surface area contributed by atoms with Crippen LogP contribution >= 0.6 is 34.8 Å². The van der Waals surface area contributed by atoms with Gasteiger partial charge in [-0.25, -0.2) is 5.01 Å². The van der Waals surface area contributed by atoms with Gasteiger partial charge in [-0.2, -0.15) is 5.10 Å². The number of nitrogens with zero attached hydrogens (tertiary/aromatic N) is 2. The molecule has 6 rings (SSSR count). The van der Waals surface area contributed by atoms with E-state index in [1.807, 2.05) is 41.4 Å². The molecule has 2 atom stereocenters. The van der Waals surface area contributed by atoms with Gasteiger partial charge in [0.2, 0.25) is 6.23 Å². The Hall–Kier alpha value is -2.72. The lowest BCUT2D eigenvalue weighted by molar-refractivity contribution is -0.0189. The summed E-state index contributed by atoms with van der Waals surface area (Å²) in [6.45, 7) is 0. The van der Waals surface area contributed by atoms with Crippen LogP contribution in [-0.2, 0) is 0 Å². The second-order valence-electron chi connectivity index (χ2n) is 8.03. The number of hydrogen-bond acceptors (Lipinski definition) is 3. The third-order valence-electron chi connectivity index (χ3n) is 6.06. The topological polar surface area (TPSA) is 24.8 Å². The van der Waals surface area contributed by atoms with E-state index < -0.39 is 6.23 Å². The van der Waals surface area contributed by atoms with E-state index in [0.717, 1.165) is 34.6 Å². The van der Waals surface area contributed by atoms with Gasteiger partial charge in [0.25, 0.3) is 0 Å². The zero-order valence-corrected chi connectivity index (χ0v) is 19.1. The van der Waals surface area contributed by atoms with Gasteiger partial charge in [-0.05, 0) is 52.7 Å². The van der Waals surface area contributed by atoms with Crippen LogP contribution in [0.25, 0.3) is 10.8 Å². The minimum Gasteiger partial charge on any atom is -0.464 e. The lowest BCUT2D eigenvalue weighted by Crippen LogP contribution is -2.33. The number of ether oxygens (including phenoxy) is 1. The average Bonchev–Trinajstić information content (AvgIpc) is 3.25. The Balaban J connectivity index is 1.47. The molecule has 2 heterocycles. The third-order valence-corrected chi connectivity index (χ3v) is 6.86. The van der Waals surface area contributed by atoms with E-state index in [9.17, 15) is 0 Å². The van der Waals surface area contributed by atoms with Crippen LogP contribution in [-0.4, -0.2) is 10.7 Å². The molecule has 2 aliphatic heterocycles. The van der Waals surface area contributed by atoms with Gasteiger partial charge in [0, 0.05) is 27.6 Å². The molecule has 32 heavy (non-hydrogen) atoms. The number of benzene rings is 4. The highest BCUT2D eigenvalue weighted by Gasteiger charge is 2.41. The number of hydrogen-bond donors (Lipinski definition) is 0. The van der Waals surface area contributed by atoms with Gasteiger partial charge in [-0.3, -0.25) is 0 Å². The molecule has 0 N–H and O–H groups in total. The Morgan fingerprint density at radius 3 is 2.41 bits per heavy atom. The summed E-state index contributed by atoms with van der Waals surface area (Å²) in [6.07, 6.45) is 0.285. The van der Waals surface area contributed by atoms with Gasteiger partial charge in [0.15, 0.2) is 0 Å². The Bertz CT molecular complexity index is 1400. The fraction of sp³-hybridized carbons (Fsp3) is 0.115. The van der Waals surface area contributed by atoms with Crippen molar-refractivity contribution >= 4 is 51.3 Å². The second-order valence-corrected chi connectivity index (χ2v) is 9.31. The molecule has 0 spiro atoms. The lowest BCUT2D eigenvalue weighted by Gasteiger charge is -2.38. The molecule has 0 saturated carbocycles. The van der Waals surface area contributed by atoms with Crippen molar-refractivity contribution in [1.29, 1.82) is 0 Å². The van der Waals surface area contributed by atoms with Crippen molar-refractivity contribution < 1.29 is 4.74 Å². The van der Waals surface area contributed by atoms with Crippen LogP contribution in [0.2, 0.25) is 15.1 Å². The van der Waals surface area contributed by atoms with Crippen LogP contribution in [0.3, 0.4) is 0 Å². The molecule has 2 aliphatic rings. The van der Waals surface area contributed by atoms with E-state index in [-0.39, 0.29) is 6.04 Å². The van der Waals surface area contributed by atoms with Crippen molar-refractivity contribution in [1.82, 2.24) is 5.01 Å². The quantitative estimate of drug-likeness (QED) is 0.290. The van der Waals surface area contributed by atoms with Crippen molar-refractivity contribution in [2.45, 2.75) is 18.7 Å². The van der Waals surface area contributed by atoms with Crippen LogP contribution in [0.5, 0.6) is 5.75 Å². The Morgan fingerprint density at radius 2 is 1.56 bits per heavy atom. The van der Waals surface area contributed by atoms with Gasteiger partial charge < -0.3 is 4.74 Å². The average molecular weight is 480 g/mol. The SMILES string of the molecule is Clc1ccc([C@@H]2Oc3ccc(Cl)cc3[C@@H]3CC(c4ccc5ccccc5c4)=NN32)c(Cl)c1. The van der Waals surface area contributed by atoms with Crippen LogP contribution < -0.4 is 4.74 Å². The molecule has 3 nitrogen and oxygen atoms in total. The molecule has 0 aromatic heterocycles. The van der Waals surface area contributed by atoms with Gasteiger partial charge >= 0.3 is 0 Å². The highest BCUT2D eigenvalue weighted by atomic mass is 35.5. The molecule has 0 radical (unpaired) electrons. The van der Waals surface area contributed by atoms with Crippen LogP contribution in [0.15, 0.2) is 84.0 Å². The summed E-state index contributed by atoms with van der Waals surface area (Å²) in [6, 6.07) is 26.0. The number of rotatable bonds is 2. The van der Waals surface area contributed by atoms with E-state index in [1.165, 1.54) is 10.8 Å². The Kier molecular flexibility index (Phi) is 4.80. The predicted octanol–water partition coefficient (Wildman–Crippen LogP) is 8.04. The molecule has 4 aromatic carbocycles. The highest BCUT2D eigenvalue weighted by Crippen LogP contribution is 2.49. The Labute approximate surface area is 200 Å². The molecule has 0 fully saturated rings. The molecular weight excluding hydrogens is 463 g/mol. The highest BCUT2D eigenvalue weighted by molar-refractivity contribution is 6.35. The maximum atomic E-state index is 6.56. The Morgan fingerprint density at radius 1 is 0.781 bits per heavy atom. The normalized spacial score (nSPS) is 19.3.